The Balaban J connectivity index is 1.66. The summed E-state index contributed by atoms with van der Waals surface area (Å²) in [6.45, 7) is 0. The monoisotopic (exact) mass is 319 g/mol. The Kier molecular flexibility index (Phi) is 3.88. The SMILES string of the molecule is O=C(Cc1ccccc1)c1ccc2nc3c(cc2c1)CCCS3. The zero-order valence-electron chi connectivity index (χ0n) is 12.8. The summed E-state index contributed by atoms with van der Waals surface area (Å²) in [5.41, 5.74) is 4.12. The van der Waals surface area contributed by atoms with Crippen LogP contribution in [-0.2, 0) is 12.8 Å². The number of benzene rings is 2. The summed E-state index contributed by atoms with van der Waals surface area (Å²) in [5.74, 6) is 1.31. The molecule has 4 rings (SSSR count). The molecule has 3 aromatic rings. The highest BCUT2D eigenvalue weighted by Crippen LogP contribution is 2.31. The lowest BCUT2D eigenvalue weighted by atomic mass is 10.0. The number of thioether (sulfide) groups is 1. The fourth-order valence-electron chi connectivity index (χ4n) is 2.99. The Bertz CT molecular complexity index is 873. The number of carbonyl (C=O) groups excluding carboxylic acids is 1. The van der Waals surface area contributed by atoms with Crippen LogP contribution in [-0.4, -0.2) is 16.5 Å². The second-order valence-electron chi connectivity index (χ2n) is 5.90. The van der Waals surface area contributed by atoms with E-state index in [1.54, 1.807) is 0 Å². The minimum atomic E-state index is 0.158. The molecule has 2 heterocycles. The van der Waals surface area contributed by atoms with Gasteiger partial charge in [0.1, 0.15) is 0 Å². The van der Waals surface area contributed by atoms with Gasteiger partial charge in [-0.25, -0.2) is 4.98 Å². The van der Waals surface area contributed by atoms with Crippen LogP contribution in [0.15, 0.2) is 59.6 Å². The molecule has 0 unspecified atom stereocenters. The molecule has 0 spiro atoms. The van der Waals surface area contributed by atoms with Crippen molar-refractivity contribution >= 4 is 28.4 Å². The number of pyridine rings is 1. The molecule has 0 amide bonds. The fraction of sp³-hybridized carbons (Fsp3) is 0.200. The molecular weight excluding hydrogens is 302 g/mol. The Hall–Kier alpha value is -2.13. The molecule has 0 bridgehead atoms. The maximum atomic E-state index is 12.5. The van der Waals surface area contributed by atoms with Gasteiger partial charge in [-0.1, -0.05) is 30.3 Å². The number of carbonyl (C=O) groups is 1. The summed E-state index contributed by atoms with van der Waals surface area (Å²) in [6, 6.07) is 18.0. The molecule has 0 aliphatic carbocycles. The van der Waals surface area contributed by atoms with E-state index < -0.39 is 0 Å². The van der Waals surface area contributed by atoms with E-state index in [0.717, 1.165) is 39.2 Å². The van der Waals surface area contributed by atoms with Gasteiger partial charge in [0.15, 0.2) is 5.78 Å². The first-order chi connectivity index (χ1) is 11.3. The lowest BCUT2D eigenvalue weighted by Gasteiger charge is -2.15. The molecule has 0 radical (unpaired) electrons. The molecule has 2 aromatic carbocycles. The smallest absolute Gasteiger partial charge is 0.167 e. The van der Waals surface area contributed by atoms with Gasteiger partial charge in [0.2, 0.25) is 0 Å². The highest BCUT2D eigenvalue weighted by Gasteiger charge is 2.14. The number of hydrogen-bond acceptors (Lipinski definition) is 3. The maximum absolute atomic E-state index is 12.5. The van der Waals surface area contributed by atoms with E-state index in [-0.39, 0.29) is 5.78 Å². The number of Topliss-reactive ketones (excluding diaryl/α,β-unsaturated/α-hetero) is 1. The van der Waals surface area contributed by atoms with Gasteiger partial charge in [-0.3, -0.25) is 4.79 Å². The van der Waals surface area contributed by atoms with E-state index in [4.69, 9.17) is 4.98 Å². The highest BCUT2D eigenvalue weighted by molar-refractivity contribution is 7.99. The molecule has 0 N–H and O–H groups in total. The van der Waals surface area contributed by atoms with E-state index in [2.05, 4.69) is 6.07 Å². The molecule has 114 valence electrons. The van der Waals surface area contributed by atoms with Crippen molar-refractivity contribution in [3.63, 3.8) is 0 Å². The Morgan fingerprint density at radius 3 is 2.83 bits per heavy atom. The normalized spacial score (nSPS) is 13.7. The highest BCUT2D eigenvalue weighted by atomic mass is 32.2. The van der Waals surface area contributed by atoms with Crippen molar-refractivity contribution in [1.82, 2.24) is 4.98 Å². The third-order valence-electron chi connectivity index (χ3n) is 4.21. The molecule has 23 heavy (non-hydrogen) atoms. The van der Waals surface area contributed by atoms with Crippen LogP contribution in [0.4, 0.5) is 0 Å². The van der Waals surface area contributed by atoms with E-state index in [1.165, 1.54) is 12.0 Å². The first-order valence-corrected chi connectivity index (χ1v) is 8.92. The standard InChI is InChI=1S/C20H17NOS/c22-19(11-14-5-2-1-3-6-14)15-8-9-18-17(12-15)13-16-7-4-10-23-20(16)21-18/h1-3,5-6,8-9,12-13H,4,7,10-11H2. The minimum absolute atomic E-state index is 0.158. The lowest BCUT2D eigenvalue weighted by Crippen LogP contribution is -2.04. The average Bonchev–Trinajstić information content (AvgIpc) is 2.60. The van der Waals surface area contributed by atoms with Crippen molar-refractivity contribution in [2.75, 3.05) is 5.75 Å². The van der Waals surface area contributed by atoms with Crippen LogP contribution in [0.1, 0.15) is 27.9 Å². The van der Waals surface area contributed by atoms with Crippen molar-refractivity contribution in [1.29, 1.82) is 0 Å². The number of rotatable bonds is 3. The summed E-state index contributed by atoms with van der Waals surface area (Å²) in [4.78, 5) is 17.3. The van der Waals surface area contributed by atoms with Crippen LogP contribution < -0.4 is 0 Å². The Morgan fingerprint density at radius 2 is 1.96 bits per heavy atom. The Morgan fingerprint density at radius 1 is 1.09 bits per heavy atom. The van der Waals surface area contributed by atoms with Gasteiger partial charge in [-0.05, 0) is 54.0 Å². The number of ketones is 1. The van der Waals surface area contributed by atoms with Gasteiger partial charge in [0.05, 0.1) is 10.5 Å². The molecule has 2 nitrogen and oxygen atoms in total. The number of nitrogens with zero attached hydrogens (tertiary/aromatic N) is 1. The van der Waals surface area contributed by atoms with E-state index in [9.17, 15) is 4.79 Å². The maximum Gasteiger partial charge on any atom is 0.167 e. The fourth-order valence-corrected chi connectivity index (χ4v) is 3.99. The predicted molar refractivity (Wildman–Crippen MR) is 95.3 cm³/mol. The van der Waals surface area contributed by atoms with Crippen molar-refractivity contribution in [2.45, 2.75) is 24.3 Å². The molecule has 0 fully saturated rings. The minimum Gasteiger partial charge on any atom is -0.294 e. The second-order valence-corrected chi connectivity index (χ2v) is 6.98. The first kappa shape index (κ1) is 14.5. The molecule has 3 heteroatoms. The average molecular weight is 319 g/mol. The summed E-state index contributed by atoms with van der Waals surface area (Å²) < 4.78 is 0. The van der Waals surface area contributed by atoms with Crippen LogP contribution >= 0.6 is 11.8 Å². The van der Waals surface area contributed by atoms with E-state index >= 15 is 0 Å². The van der Waals surface area contributed by atoms with Gasteiger partial charge in [0.25, 0.3) is 0 Å². The summed E-state index contributed by atoms with van der Waals surface area (Å²) >= 11 is 1.84. The molecular formula is C20H17NOS. The largest absolute Gasteiger partial charge is 0.294 e. The first-order valence-electron chi connectivity index (χ1n) is 7.93. The molecule has 0 saturated carbocycles. The van der Waals surface area contributed by atoms with E-state index in [1.807, 2.05) is 60.3 Å². The predicted octanol–water partition coefficient (Wildman–Crippen LogP) is 4.70. The van der Waals surface area contributed by atoms with Gasteiger partial charge in [-0.2, -0.15) is 0 Å². The molecule has 0 saturated heterocycles. The van der Waals surface area contributed by atoms with Crippen molar-refractivity contribution < 1.29 is 4.79 Å². The number of aromatic nitrogens is 1. The molecule has 1 aliphatic heterocycles. The Labute approximate surface area is 139 Å². The van der Waals surface area contributed by atoms with Crippen LogP contribution in [0.5, 0.6) is 0 Å². The topological polar surface area (TPSA) is 30.0 Å². The van der Waals surface area contributed by atoms with Crippen molar-refractivity contribution in [3.05, 3.63) is 71.3 Å². The molecule has 1 aromatic heterocycles. The van der Waals surface area contributed by atoms with Crippen LogP contribution in [0.2, 0.25) is 0 Å². The second kappa shape index (κ2) is 6.17. The number of aryl methyl sites for hydroxylation is 1. The van der Waals surface area contributed by atoms with Gasteiger partial charge in [0, 0.05) is 17.4 Å². The quantitative estimate of drug-likeness (QED) is 0.656. The number of hydrogen-bond donors (Lipinski definition) is 0. The van der Waals surface area contributed by atoms with Crippen LogP contribution in [0.25, 0.3) is 10.9 Å². The van der Waals surface area contributed by atoms with Crippen LogP contribution in [0, 0.1) is 0 Å². The summed E-state index contributed by atoms with van der Waals surface area (Å²) in [6.07, 6.45) is 2.74. The zero-order valence-corrected chi connectivity index (χ0v) is 13.6. The van der Waals surface area contributed by atoms with Gasteiger partial charge >= 0.3 is 0 Å². The van der Waals surface area contributed by atoms with Gasteiger partial charge < -0.3 is 0 Å². The molecule has 1 aliphatic rings. The van der Waals surface area contributed by atoms with Crippen molar-refractivity contribution in [2.24, 2.45) is 0 Å². The van der Waals surface area contributed by atoms with Crippen LogP contribution in [0.3, 0.4) is 0 Å². The van der Waals surface area contributed by atoms with E-state index in [0.29, 0.717) is 6.42 Å². The number of fused-ring (bicyclic) bond motifs is 2. The summed E-state index contributed by atoms with van der Waals surface area (Å²) in [7, 11) is 0. The third kappa shape index (κ3) is 3.02. The van der Waals surface area contributed by atoms with Crippen molar-refractivity contribution in [3.8, 4) is 0 Å². The zero-order chi connectivity index (χ0) is 15.6. The summed E-state index contributed by atoms with van der Waals surface area (Å²) in [5, 5.41) is 2.23. The van der Waals surface area contributed by atoms with Gasteiger partial charge in [-0.15, -0.1) is 11.8 Å². The molecule has 0 atom stereocenters. The lowest BCUT2D eigenvalue weighted by molar-refractivity contribution is 0.0993. The third-order valence-corrected chi connectivity index (χ3v) is 5.33.